The van der Waals surface area contributed by atoms with Crippen LogP contribution in [0.2, 0.25) is 0 Å². The number of aromatic nitrogens is 3. The van der Waals surface area contributed by atoms with Gasteiger partial charge in [0.2, 0.25) is 0 Å². The first-order chi connectivity index (χ1) is 18.5. The van der Waals surface area contributed by atoms with Crippen LogP contribution in [0.4, 0.5) is 0 Å². The molecule has 1 N–H and O–H groups in total. The number of amides is 1. The van der Waals surface area contributed by atoms with Crippen LogP contribution in [-0.4, -0.2) is 70.4 Å². The molecule has 0 saturated carbocycles. The molecule has 5 aromatic rings. The second kappa shape index (κ2) is 10.5. The average molecular weight is 592 g/mol. The molecule has 0 spiro atoms. The van der Waals surface area contributed by atoms with Gasteiger partial charge in [-0.3, -0.25) is 19.1 Å². The number of thiazole rings is 1. The Bertz CT molecular complexity index is 1620. The molecule has 8 nitrogen and oxygen atoms in total. The fourth-order valence-corrected chi connectivity index (χ4v) is 6.07. The summed E-state index contributed by atoms with van der Waals surface area (Å²) in [5, 5.41) is 2.59. The number of carbonyl (C=O) groups excluding carboxylic acids is 1. The zero-order valence-electron chi connectivity index (χ0n) is 21.1. The summed E-state index contributed by atoms with van der Waals surface area (Å²) in [5.41, 5.74) is 4.78. The van der Waals surface area contributed by atoms with Crippen molar-refractivity contribution >= 4 is 48.4 Å². The molecule has 1 aliphatic rings. The quantitative estimate of drug-likeness (QED) is 0.290. The Hall–Kier alpha value is -3.31. The fraction of sp³-hybridized carbons (Fsp3) is 0.250. The SMILES string of the molecule is CNC(=O)c1cc(Oc2ccc3c(c2)sc2nc(-c4ccc(Br)cc4)c(CN4CCN(C)CC4)n23)ccn1. The number of carbonyl (C=O) groups is 1. The van der Waals surface area contributed by atoms with Crippen molar-refractivity contribution in [1.82, 2.24) is 29.5 Å². The number of rotatable bonds is 6. The van der Waals surface area contributed by atoms with E-state index in [-0.39, 0.29) is 5.91 Å². The van der Waals surface area contributed by atoms with Crippen LogP contribution in [0.5, 0.6) is 11.5 Å². The highest BCUT2D eigenvalue weighted by Gasteiger charge is 2.23. The molecule has 1 amide bonds. The molecule has 2 aromatic carbocycles. The van der Waals surface area contributed by atoms with Gasteiger partial charge < -0.3 is 15.0 Å². The maximum Gasteiger partial charge on any atom is 0.269 e. The van der Waals surface area contributed by atoms with Crippen molar-refractivity contribution in [2.45, 2.75) is 6.54 Å². The number of benzene rings is 2. The third-order valence-corrected chi connectivity index (χ3v) is 8.36. The van der Waals surface area contributed by atoms with Gasteiger partial charge in [0.25, 0.3) is 5.91 Å². The predicted molar refractivity (Wildman–Crippen MR) is 154 cm³/mol. The molecule has 38 heavy (non-hydrogen) atoms. The Labute approximate surface area is 233 Å². The van der Waals surface area contributed by atoms with Crippen molar-refractivity contribution < 1.29 is 9.53 Å². The number of halogens is 1. The molecule has 0 radical (unpaired) electrons. The molecular weight excluding hydrogens is 564 g/mol. The van der Waals surface area contributed by atoms with Crippen molar-refractivity contribution in [1.29, 1.82) is 0 Å². The summed E-state index contributed by atoms with van der Waals surface area (Å²) in [4.78, 5) is 27.0. The maximum atomic E-state index is 12.0. The number of likely N-dealkylation sites (N-methyl/N-ethyl adjacent to an activating group) is 1. The van der Waals surface area contributed by atoms with Crippen LogP contribution < -0.4 is 10.1 Å². The van der Waals surface area contributed by atoms with Crippen LogP contribution in [0.25, 0.3) is 26.4 Å². The fourth-order valence-electron chi connectivity index (χ4n) is 4.74. The first-order valence-corrected chi connectivity index (χ1v) is 14.1. The summed E-state index contributed by atoms with van der Waals surface area (Å²) in [7, 11) is 3.76. The van der Waals surface area contributed by atoms with E-state index >= 15 is 0 Å². The van der Waals surface area contributed by atoms with E-state index in [2.05, 4.69) is 77.8 Å². The molecule has 1 fully saturated rings. The normalized spacial score (nSPS) is 14.8. The standard InChI is InChI=1S/C28H27BrN6O2S/c1-30-27(36)22-15-21(9-10-31-22)37-20-7-8-23-25(16-20)38-28-32-26(18-3-5-19(29)6-4-18)24(35(23)28)17-34-13-11-33(2)12-14-34/h3-10,15-16H,11-14,17H2,1-2H3,(H,30,36). The lowest BCUT2D eigenvalue weighted by Gasteiger charge is -2.32. The van der Waals surface area contributed by atoms with Crippen molar-refractivity contribution in [3.05, 3.63) is 76.7 Å². The van der Waals surface area contributed by atoms with Gasteiger partial charge in [0.15, 0.2) is 4.96 Å². The molecule has 6 rings (SSSR count). The van der Waals surface area contributed by atoms with Gasteiger partial charge in [0.1, 0.15) is 17.2 Å². The van der Waals surface area contributed by atoms with Crippen LogP contribution >= 0.6 is 27.3 Å². The first kappa shape index (κ1) is 25.0. The lowest BCUT2D eigenvalue weighted by molar-refractivity contribution is 0.0958. The molecule has 0 atom stereocenters. The van der Waals surface area contributed by atoms with E-state index in [1.807, 2.05) is 12.1 Å². The largest absolute Gasteiger partial charge is 0.457 e. The summed E-state index contributed by atoms with van der Waals surface area (Å²) in [5.74, 6) is 1.01. The number of nitrogens with zero attached hydrogens (tertiary/aromatic N) is 5. The molecular formula is C28H27BrN6O2S. The van der Waals surface area contributed by atoms with Gasteiger partial charge in [0, 0.05) is 68.1 Å². The smallest absolute Gasteiger partial charge is 0.269 e. The summed E-state index contributed by atoms with van der Waals surface area (Å²) < 4.78 is 10.5. The topological polar surface area (TPSA) is 75.0 Å². The van der Waals surface area contributed by atoms with Gasteiger partial charge in [0.05, 0.1) is 21.6 Å². The Kier molecular flexibility index (Phi) is 6.87. The van der Waals surface area contributed by atoms with E-state index in [1.54, 1.807) is 36.7 Å². The molecule has 0 unspecified atom stereocenters. The van der Waals surface area contributed by atoms with Crippen LogP contribution in [0, 0.1) is 0 Å². The highest BCUT2D eigenvalue weighted by atomic mass is 79.9. The zero-order chi connectivity index (χ0) is 26.2. The summed E-state index contributed by atoms with van der Waals surface area (Å²) in [6.45, 7) is 5.04. The van der Waals surface area contributed by atoms with E-state index in [4.69, 9.17) is 9.72 Å². The molecule has 0 aliphatic carbocycles. The second-order valence-electron chi connectivity index (χ2n) is 9.40. The van der Waals surface area contributed by atoms with Crippen LogP contribution in [-0.2, 0) is 6.54 Å². The number of pyridine rings is 1. The third-order valence-electron chi connectivity index (χ3n) is 6.83. The number of piperazine rings is 1. The minimum Gasteiger partial charge on any atom is -0.457 e. The average Bonchev–Trinajstić information content (AvgIpc) is 3.46. The lowest BCUT2D eigenvalue weighted by Crippen LogP contribution is -2.44. The van der Waals surface area contributed by atoms with E-state index in [1.165, 1.54) is 5.69 Å². The Balaban J connectivity index is 1.38. The van der Waals surface area contributed by atoms with E-state index in [0.29, 0.717) is 17.2 Å². The molecule has 4 heterocycles. The van der Waals surface area contributed by atoms with Crippen LogP contribution in [0.3, 0.4) is 0 Å². The van der Waals surface area contributed by atoms with Crippen molar-refractivity contribution in [2.75, 3.05) is 40.3 Å². The molecule has 10 heteroatoms. The van der Waals surface area contributed by atoms with E-state index in [0.717, 1.165) is 63.6 Å². The van der Waals surface area contributed by atoms with Gasteiger partial charge in [-0.25, -0.2) is 4.98 Å². The number of imidazole rings is 1. The summed E-state index contributed by atoms with van der Waals surface area (Å²) >= 11 is 5.21. The first-order valence-electron chi connectivity index (χ1n) is 12.5. The lowest BCUT2D eigenvalue weighted by atomic mass is 10.1. The Morgan fingerprint density at radius 2 is 1.82 bits per heavy atom. The van der Waals surface area contributed by atoms with Gasteiger partial charge in [-0.2, -0.15) is 0 Å². The van der Waals surface area contributed by atoms with Crippen LogP contribution in [0.15, 0.2) is 65.3 Å². The van der Waals surface area contributed by atoms with Gasteiger partial charge in [-0.15, -0.1) is 0 Å². The monoisotopic (exact) mass is 590 g/mol. The van der Waals surface area contributed by atoms with Gasteiger partial charge >= 0.3 is 0 Å². The third kappa shape index (κ3) is 4.92. The zero-order valence-corrected chi connectivity index (χ0v) is 23.6. The Morgan fingerprint density at radius 1 is 1.05 bits per heavy atom. The molecule has 194 valence electrons. The molecule has 1 aliphatic heterocycles. The number of hydrogen-bond donors (Lipinski definition) is 1. The molecule has 1 saturated heterocycles. The number of hydrogen-bond acceptors (Lipinski definition) is 7. The predicted octanol–water partition coefficient (Wildman–Crippen LogP) is 5.27. The minimum atomic E-state index is -0.250. The van der Waals surface area contributed by atoms with Gasteiger partial charge in [-0.1, -0.05) is 39.4 Å². The minimum absolute atomic E-state index is 0.250. The maximum absolute atomic E-state index is 12.0. The highest BCUT2D eigenvalue weighted by Crippen LogP contribution is 2.36. The van der Waals surface area contributed by atoms with Crippen molar-refractivity contribution in [2.24, 2.45) is 0 Å². The van der Waals surface area contributed by atoms with Crippen molar-refractivity contribution in [3.8, 4) is 22.8 Å². The molecule has 0 bridgehead atoms. The van der Waals surface area contributed by atoms with Crippen molar-refractivity contribution in [3.63, 3.8) is 0 Å². The number of fused-ring (bicyclic) bond motifs is 3. The second-order valence-corrected chi connectivity index (χ2v) is 11.3. The number of ether oxygens (including phenoxy) is 1. The van der Waals surface area contributed by atoms with E-state index in [9.17, 15) is 4.79 Å². The summed E-state index contributed by atoms with van der Waals surface area (Å²) in [6, 6.07) is 17.9. The van der Waals surface area contributed by atoms with Crippen LogP contribution in [0.1, 0.15) is 16.2 Å². The van der Waals surface area contributed by atoms with Gasteiger partial charge in [-0.05, 0) is 37.4 Å². The van der Waals surface area contributed by atoms with E-state index < -0.39 is 0 Å². The summed E-state index contributed by atoms with van der Waals surface area (Å²) in [6.07, 6.45) is 1.58. The Morgan fingerprint density at radius 3 is 2.58 bits per heavy atom. The molecule has 3 aromatic heterocycles. The number of nitrogens with one attached hydrogen (secondary N) is 1. The highest BCUT2D eigenvalue weighted by molar-refractivity contribution is 9.10.